The predicted octanol–water partition coefficient (Wildman–Crippen LogP) is 1.62. The summed E-state index contributed by atoms with van der Waals surface area (Å²) in [5.74, 6) is 0. The number of benzene rings is 1. The number of aryl methyl sites for hydroxylation is 2. The van der Waals surface area contributed by atoms with Crippen molar-refractivity contribution in [2.45, 2.75) is 11.8 Å². The number of pyridine rings is 1. The second-order valence-corrected chi connectivity index (χ2v) is 5.71. The van der Waals surface area contributed by atoms with E-state index in [2.05, 4.69) is 4.40 Å². The van der Waals surface area contributed by atoms with Gasteiger partial charge in [0.15, 0.2) is 0 Å². The first kappa shape index (κ1) is 12.6. The lowest BCUT2D eigenvalue weighted by Crippen LogP contribution is -2.08. The Hall–Kier alpha value is -1.88. The van der Waals surface area contributed by atoms with Gasteiger partial charge in [-0.05, 0) is 31.2 Å². The van der Waals surface area contributed by atoms with Gasteiger partial charge in [-0.2, -0.15) is 12.8 Å². The quantitative estimate of drug-likeness (QED) is 0.826. The highest BCUT2D eigenvalue weighted by molar-refractivity contribution is 7.90. The Morgan fingerprint density at radius 3 is 2.11 bits per heavy atom. The SMILES string of the molecule is Cc1ccc(S(=O)(=O)N=c2ccn(C)cc2)cc1. The Balaban J connectivity index is 2.47. The van der Waals surface area contributed by atoms with Crippen LogP contribution in [0.3, 0.4) is 0 Å². The fraction of sp³-hybridized carbons (Fsp3) is 0.154. The van der Waals surface area contributed by atoms with E-state index in [1.165, 1.54) is 0 Å². The molecule has 0 N–H and O–H groups in total. The highest BCUT2D eigenvalue weighted by Gasteiger charge is 2.10. The second kappa shape index (κ2) is 4.78. The van der Waals surface area contributed by atoms with E-state index < -0.39 is 10.0 Å². The van der Waals surface area contributed by atoms with E-state index in [-0.39, 0.29) is 4.90 Å². The minimum absolute atomic E-state index is 0.210. The van der Waals surface area contributed by atoms with Crippen LogP contribution in [0, 0.1) is 6.92 Å². The van der Waals surface area contributed by atoms with Gasteiger partial charge in [0.2, 0.25) is 0 Å². The van der Waals surface area contributed by atoms with Crippen molar-refractivity contribution in [3.05, 3.63) is 59.7 Å². The third kappa shape index (κ3) is 2.87. The van der Waals surface area contributed by atoms with Gasteiger partial charge in [-0.15, -0.1) is 0 Å². The molecule has 1 aromatic carbocycles. The topological polar surface area (TPSA) is 51.4 Å². The lowest BCUT2D eigenvalue weighted by atomic mass is 10.2. The van der Waals surface area contributed by atoms with E-state index in [0.29, 0.717) is 5.36 Å². The molecule has 5 heteroatoms. The van der Waals surface area contributed by atoms with Gasteiger partial charge in [-0.25, -0.2) is 0 Å². The molecule has 1 heterocycles. The highest BCUT2D eigenvalue weighted by Crippen LogP contribution is 2.12. The molecular weight excluding hydrogens is 248 g/mol. The zero-order chi connectivity index (χ0) is 13.2. The molecule has 0 amide bonds. The molecule has 4 nitrogen and oxygen atoms in total. The minimum atomic E-state index is -3.63. The molecule has 0 unspecified atom stereocenters. The summed E-state index contributed by atoms with van der Waals surface area (Å²) in [7, 11) is -1.77. The molecule has 0 fully saturated rings. The van der Waals surface area contributed by atoms with Gasteiger partial charge >= 0.3 is 0 Å². The van der Waals surface area contributed by atoms with Crippen LogP contribution in [0.5, 0.6) is 0 Å². The van der Waals surface area contributed by atoms with Crippen LogP contribution in [0.2, 0.25) is 0 Å². The number of aromatic nitrogens is 1. The molecule has 0 radical (unpaired) electrons. The van der Waals surface area contributed by atoms with Crippen molar-refractivity contribution in [2.24, 2.45) is 11.4 Å². The number of hydrogen-bond acceptors (Lipinski definition) is 2. The fourth-order valence-electron chi connectivity index (χ4n) is 1.46. The summed E-state index contributed by atoms with van der Waals surface area (Å²) in [5, 5.41) is 0.425. The van der Waals surface area contributed by atoms with Gasteiger partial charge in [-0.3, -0.25) is 0 Å². The van der Waals surface area contributed by atoms with Gasteiger partial charge in [0.25, 0.3) is 10.0 Å². The molecule has 2 aromatic rings. The van der Waals surface area contributed by atoms with E-state index in [9.17, 15) is 8.42 Å². The first-order chi connectivity index (χ1) is 8.47. The maximum atomic E-state index is 12.0. The summed E-state index contributed by atoms with van der Waals surface area (Å²) in [6.45, 7) is 1.91. The summed E-state index contributed by atoms with van der Waals surface area (Å²) in [6, 6.07) is 9.96. The molecule has 0 spiro atoms. The van der Waals surface area contributed by atoms with E-state index in [1.807, 2.05) is 18.5 Å². The molecule has 2 rings (SSSR count). The molecule has 0 aliphatic rings. The number of rotatable bonds is 2. The number of sulfonamides is 1. The molecule has 0 aliphatic carbocycles. The lowest BCUT2D eigenvalue weighted by Gasteiger charge is -1.99. The van der Waals surface area contributed by atoms with Crippen LogP contribution >= 0.6 is 0 Å². The Morgan fingerprint density at radius 2 is 1.56 bits per heavy atom. The Labute approximate surface area is 106 Å². The Kier molecular flexibility index (Phi) is 3.34. The van der Waals surface area contributed by atoms with Gasteiger partial charge in [-0.1, -0.05) is 17.7 Å². The molecule has 0 atom stereocenters. The molecule has 1 aromatic heterocycles. The van der Waals surface area contributed by atoms with E-state index in [0.717, 1.165) is 5.56 Å². The van der Waals surface area contributed by atoms with Crippen LogP contribution in [0.25, 0.3) is 0 Å². The summed E-state index contributed by atoms with van der Waals surface area (Å²) in [4.78, 5) is 0.210. The van der Waals surface area contributed by atoms with Crippen molar-refractivity contribution in [1.82, 2.24) is 4.57 Å². The van der Waals surface area contributed by atoms with Gasteiger partial charge in [0.1, 0.15) is 0 Å². The average Bonchev–Trinajstić information content (AvgIpc) is 2.32. The second-order valence-electron chi connectivity index (χ2n) is 4.10. The maximum Gasteiger partial charge on any atom is 0.282 e. The smallest absolute Gasteiger partial charge is 0.282 e. The van der Waals surface area contributed by atoms with Crippen LogP contribution < -0.4 is 5.36 Å². The molecule has 0 bridgehead atoms. The molecule has 0 saturated heterocycles. The predicted molar refractivity (Wildman–Crippen MR) is 69.3 cm³/mol. The standard InChI is InChI=1S/C13H14N2O2S/c1-11-3-5-13(6-4-11)18(16,17)14-12-7-9-15(2)10-8-12/h3-10H,1-2H3. The monoisotopic (exact) mass is 262 g/mol. The summed E-state index contributed by atoms with van der Waals surface area (Å²) >= 11 is 0. The molecular formula is C13H14N2O2S. The van der Waals surface area contributed by atoms with Crippen LogP contribution in [0.1, 0.15) is 5.56 Å². The summed E-state index contributed by atoms with van der Waals surface area (Å²) < 4.78 is 29.7. The third-order valence-electron chi connectivity index (χ3n) is 2.51. The number of hydrogen-bond donors (Lipinski definition) is 0. The molecule has 0 aliphatic heterocycles. The minimum Gasteiger partial charge on any atom is -0.357 e. The lowest BCUT2D eigenvalue weighted by molar-refractivity contribution is 0.596. The van der Waals surface area contributed by atoms with Crippen molar-refractivity contribution in [3.8, 4) is 0 Å². The first-order valence-electron chi connectivity index (χ1n) is 5.47. The fourth-order valence-corrected chi connectivity index (χ4v) is 2.44. The van der Waals surface area contributed by atoms with Crippen molar-refractivity contribution in [2.75, 3.05) is 0 Å². The zero-order valence-electron chi connectivity index (χ0n) is 10.2. The van der Waals surface area contributed by atoms with Crippen molar-refractivity contribution in [1.29, 1.82) is 0 Å². The number of nitrogens with zero attached hydrogens (tertiary/aromatic N) is 2. The van der Waals surface area contributed by atoms with Crippen LogP contribution in [0.4, 0.5) is 0 Å². The van der Waals surface area contributed by atoms with Gasteiger partial charge in [0, 0.05) is 19.4 Å². The zero-order valence-corrected chi connectivity index (χ0v) is 11.1. The van der Waals surface area contributed by atoms with E-state index in [1.54, 1.807) is 48.8 Å². The summed E-state index contributed by atoms with van der Waals surface area (Å²) in [5.41, 5.74) is 1.01. The first-order valence-corrected chi connectivity index (χ1v) is 6.91. The van der Waals surface area contributed by atoms with Crippen molar-refractivity contribution >= 4 is 10.0 Å². The molecule has 0 saturated carbocycles. The Bertz CT molecular complexity index is 693. The molecule has 18 heavy (non-hydrogen) atoms. The van der Waals surface area contributed by atoms with Crippen LogP contribution in [0.15, 0.2) is 58.1 Å². The molecule has 94 valence electrons. The van der Waals surface area contributed by atoms with Gasteiger partial charge < -0.3 is 4.57 Å². The Morgan fingerprint density at radius 1 is 1.00 bits per heavy atom. The average molecular weight is 262 g/mol. The van der Waals surface area contributed by atoms with E-state index in [4.69, 9.17) is 0 Å². The van der Waals surface area contributed by atoms with Crippen molar-refractivity contribution < 1.29 is 8.42 Å². The van der Waals surface area contributed by atoms with Gasteiger partial charge in [0.05, 0.1) is 10.3 Å². The van der Waals surface area contributed by atoms with Crippen LogP contribution in [-0.4, -0.2) is 13.0 Å². The normalized spacial score (nSPS) is 11.2. The highest BCUT2D eigenvalue weighted by atomic mass is 32.2. The van der Waals surface area contributed by atoms with Crippen molar-refractivity contribution in [3.63, 3.8) is 0 Å². The van der Waals surface area contributed by atoms with Crippen LogP contribution in [-0.2, 0) is 17.1 Å². The third-order valence-corrected chi connectivity index (χ3v) is 3.82. The largest absolute Gasteiger partial charge is 0.357 e. The maximum absolute atomic E-state index is 12.0. The summed E-state index contributed by atoms with van der Waals surface area (Å²) in [6.07, 6.45) is 3.51. The van der Waals surface area contributed by atoms with E-state index >= 15 is 0 Å².